The summed E-state index contributed by atoms with van der Waals surface area (Å²) in [4.78, 5) is 4.82. The third-order valence-corrected chi connectivity index (χ3v) is 17.3. The van der Waals surface area contributed by atoms with Crippen molar-refractivity contribution < 1.29 is 42.2 Å². The molecule has 0 atom stereocenters. The van der Waals surface area contributed by atoms with Crippen LogP contribution in [0.4, 0.5) is 0 Å². The summed E-state index contributed by atoms with van der Waals surface area (Å²) in [7, 11) is -6.35. The summed E-state index contributed by atoms with van der Waals surface area (Å²) in [6, 6.07) is 10.4. The molecule has 0 fully saturated rings. The van der Waals surface area contributed by atoms with Crippen LogP contribution in [-0.2, 0) is 5.41 Å². The van der Waals surface area contributed by atoms with Crippen LogP contribution in [0.2, 0.25) is 0 Å². The summed E-state index contributed by atoms with van der Waals surface area (Å²) < 4.78 is 237. The van der Waals surface area contributed by atoms with Gasteiger partial charge in [-0.05, 0) is 103 Å². The fraction of sp³-hybridized carbons (Fsp3) is 0.0571. The predicted octanol–water partition coefficient (Wildman–Crippen LogP) is 14.0. The maximum Gasteiger partial charge on any atom is 0.269 e. The van der Waals surface area contributed by atoms with Crippen molar-refractivity contribution in [1.82, 2.24) is 14.1 Å². The minimum Gasteiger partial charge on any atom is -0.458 e. The van der Waals surface area contributed by atoms with Crippen molar-refractivity contribution >= 4 is 61.7 Å². The molecule has 0 aliphatic carbocycles. The predicted molar refractivity (Wildman–Crippen MR) is 315 cm³/mol. The van der Waals surface area contributed by atoms with Crippen molar-refractivity contribution in [3.05, 3.63) is 284 Å². The van der Waals surface area contributed by atoms with Crippen molar-refractivity contribution in [1.29, 1.82) is 0 Å². The van der Waals surface area contributed by atoms with Crippen molar-refractivity contribution in [2.24, 2.45) is 0 Å². The Morgan fingerprint density at radius 2 is 1.09 bits per heavy atom. The van der Waals surface area contributed by atoms with Gasteiger partial charge in [-0.1, -0.05) is 233 Å². The molecule has 6 heteroatoms. The first-order valence-electron chi connectivity index (χ1n) is 36.1. The molecule has 364 valence electrons. The van der Waals surface area contributed by atoms with E-state index >= 15 is 0 Å². The van der Waals surface area contributed by atoms with E-state index in [1.807, 2.05) is 48.5 Å². The molecule has 13 aromatic rings. The Hall–Kier alpha value is -9.36. The molecule has 3 aromatic heterocycles. The number of hydrogen-bond donors (Lipinski definition) is 0. The molecule has 5 nitrogen and oxygen atoms in total. The van der Waals surface area contributed by atoms with Crippen molar-refractivity contribution in [2.75, 3.05) is 0 Å². The third kappa shape index (κ3) is 8.11. The lowest BCUT2D eigenvalue weighted by Gasteiger charge is -2.34. The lowest BCUT2D eigenvalue weighted by molar-refractivity contribution is -0.571. The van der Waals surface area contributed by atoms with Crippen LogP contribution in [0, 0.1) is 6.33 Å². The molecule has 13 rings (SSSR count). The first-order chi connectivity index (χ1) is 47.3. The Kier molecular flexibility index (Phi) is 6.87. The quantitative estimate of drug-likeness (QED) is 0.0560. The number of nitrogens with zero attached hydrogens (tertiary/aromatic N) is 4. The zero-order valence-corrected chi connectivity index (χ0v) is 41.8. The second-order valence-corrected chi connectivity index (χ2v) is 22.2. The minimum atomic E-state index is -6.35. The van der Waals surface area contributed by atoms with Gasteiger partial charge in [-0.3, -0.25) is 13.7 Å². The number of benzene rings is 10. The van der Waals surface area contributed by atoms with Gasteiger partial charge >= 0.3 is 0 Å². The molecular formula is C70H54N4OSi. The standard InChI is InChI=1S/C70H54N4OSi/c1-70(2,3)52-43-44-71-68(46-52)74-64-38-17-16-35-62(64)63-42-41-55(48-67(63)74)75-54-27-21-26-53(47-54)72-49-73(66-40-19-18-39-65(66)72)69-60(50-23-8-4-9-24-50)36-22-37-61(69)51-25-20-34-59(45-51)76(56-28-10-5-11-29-56,57-30-12-6-13-31-57)58-32-14-7-15-33-58/h4-48H,1-3H3/i4D,5D,6D,7D,8D,9D,10D,11D,12D,13D,14D,15D,20D,23D,24D,25D,28D,29D,30D,31D,32D,33D,34D,45D. The Bertz CT molecular complexity index is 5450. The van der Waals surface area contributed by atoms with Gasteiger partial charge in [0.2, 0.25) is 0 Å². The number of para-hydroxylation sites is 4. The van der Waals surface area contributed by atoms with Crippen LogP contribution >= 0.6 is 0 Å². The molecule has 76 heavy (non-hydrogen) atoms. The second kappa shape index (κ2) is 19.2. The van der Waals surface area contributed by atoms with Gasteiger partial charge in [-0.2, -0.15) is 0 Å². The average Bonchev–Trinajstić information content (AvgIpc) is 0.910. The van der Waals surface area contributed by atoms with E-state index in [0.29, 0.717) is 28.5 Å². The van der Waals surface area contributed by atoms with E-state index in [-0.39, 0.29) is 27.7 Å². The van der Waals surface area contributed by atoms with Gasteiger partial charge in [-0.15, -0.1) is 0 Å². The highest BCUT2D eigenvalue weighted by Gasteiger charge is 2.41. The molecule has 0 amide bonds. The molecule has 0 aliphatic rings. The maximum atomic E-state index is 10.8. The molecule has 10 aromatic carbocycles. The van der Waals surface area contributed by atoms with E-state index in [1.54, 1.807) is 59.3 Å². The number of ether oxygens (including phenoxy) is 1. The lowest BCUT2D eigenvalue weighted by atomic mass is 9.88. The molecule has 0 unspecified atom stereocenters. The molecule has 0 bridgehead atoms. The monoisotopic (exact) mass is 1020 g/mol. The number of aromatic nitrogens is 4. The summed E-state index contributed by atoms with van der Waals surface area (Å²) in [5.74, 6) is 1.50. The fourth-order valence-electron chi connectivity index (χ4n) is 9.81. The summed E-state index contributed by atoms with van der Waals surface area (Å²) in [5, 5.41) is -2.24. The molecular weight excluding hydrogens is 941 g/mol. The number of imidazole rings is 1. The topological polar surface area (TPSA) is 35.9 Å². The van der Waals surface area contributed by atoms with Gasteiger partial charge in [0.1, 0.15) is 17.3 Å². The Morgan fingerprint density at radius 3 is 1.79 bits per heavy atom. The first kappa shape index (κ1) is 27.3. The Balaban J connectivity index is 1.12. The fourth-order valence-corrected chi connectivity index (χ4v) is 13.4. The van der Waals surface area contributed by atoms with Gasteiger partial charge in [0, 0.05) is 23.0 Å². The summed E-state index contributed by atoms with van der Waals surface area (Å²) >= 11 is 0. The van der Waals surface area contributed by atoms with Crippen LogP contribution < -0.4 is 30.1 Å². The lowest BCUT2D eigenvalue weighted by Crippen LogP contribution is -2.74. The van der Waals surface area contributed by atoms with Gasteiger partial charge in [0.25, 0.3) is 6.33 Å². The molecule has 0 saturated heterocycles. The second-order valence-electron chi connectivity index (χ2n) is 18.7. The number of pyridine rings is 1. The third-order valence-electron chi connectivity index (χ3n) is 13.3. The number of rotatable bonds is 11. The van der Waals surface area contributed by atoms with Gasteiger partial charge in [0.15, 0.2) is 8.07 Å². The normalized spacial score (nSPS) is 16.3. The van der Waals surface area contributed by atoms with E-state index in [2.05, 4.69) is 37.7 Å². The SMILES string of the molecule is [2H]c1c([2H])c([2H])c(-c2cccc(-c3c([2H])c([2H])c([2H])c([Si](c4c([2H])c([2H])c([2H])c([2H])c4[2H])(c4c([2H])c([2H])c([2H])c([2H])c4[2H])c4c([2H])c([2H])c([2H])c([2H])c4[2H])c3[2H])c2-[n+]2[c-]n(-c3cccc(Oc4ccc5c6ccccc6n(-c6cc(C(C)(C)C)ccn6)c5c4)c3)c3ccccc32)c([2H])c1[2H]. The number of fused-ring (bicyclic) bond motifs is 4. The first-order valence-corrected chi connectivity index (χ1v) is 26.1. The molecule has 0 N–H and O–H groups in total. The smallest absolute Gasteiger partial charge is 0.269 e. The summed E-state index contributed by atoms with van der Waals surface area (Å²) in [6.07, 6.45) is 5.16. The zero-order valence-electron chi connectivity index (χ0n) is 64.8. The van der Waals surface area contributed by atoms with Crippen LogP contribution in [0.5, 0.6) is 11.5 Å². The molecule has 0 radical (unpaired) electrons. The molecule has 0 saturated carbocycles. The number of hydrogen-bond acceptors (Lipinski definition) is 2. The van der Waals surface area contributed by atoms with Crippen LogP contribution in [0.1, 0.15) is 59.2 Å². The highest BCUT2D eigenvalue weighted by molar-refractivity contribution is 7.19. The minimum absolute atomic E-state index is 0.181. The van der Waals surface area contributed by atoms with E-state index in [1.165, 1.54) is 22.8 Å². The van der Waals surface area contributed by atoms with Gasteiger partial charge in [-0.25, -0.2) is 4.98 Å². The molecule has 0 spiro atoms. The maximum absolute atomic E-state index is 10.8. The van der Waals surface area contributed by atoms with E-state index < -0.39 is 185 Å². The Labute approximate surface area is 478 Å². The highest BCUT2D eigenvalue weighted by atomic mass is 28.3. The van der Waals surface area contributed by atoms with Crippen LogP contribution in [0.3, 0.4) is 0 Å². The average molecular weight is 1020 g/mol. The Morgan fingerprint density at radius 1 is 0.513 bits per heavy atom. The van der Waals surface area contributed by atoms with Crippen molar-refractivity contribution in [2.45, 2.75) is 26.2 Å². The van der Waals surface area contributed by atoms with Gasteiger partial charge < -0.3 is 4.74 Å². The van der Waals surface area contributed by atoms with Gasteiger partial charge in [0.05, 0.1) is 66.3 Å². The zero-order chi connectivity index (χ0) is 72.1. The van der Waals surface area contributed by atoms with Crippen LogP contribution in [0.15, 0.2) is 273 Å². The van der Waals surface area contributed by atoms with Crippen molar-refractivity contribution in [3.8, 4) is 50.9 Å². The van der Waals surface area contributed by atoms with E-state index in [9.17, 15) is 16.4 Å². The highest BCUT2D eigenvalue weighted by Crippen LogP contribution is 2.38. The van der Waals surface area contributed by atoms with Crippen LogP contribution in [-0.4, -0.2) is 22.2 Å². The largest absolute Gasteiger partial charge is 0.458 e. The van der Waals surface area contributed by atoms with Crippen molar-refractivity contribution in [3.63, 3.8) is 0 Å². The van der Waals surface area contributed by atoms with Crippen LogP contribution in [0.25, 0.3) is 72.3 Å². The summed E-state index contributed by atoms with van der Waals surface area (Å²) in [6.45, 7) is 6.39. The van der Waals surface area contributed by atoms with E-state index in [0.717, 1.165) is 27.4 Å². The molecule has 3 heterocycles. The molecule has 0 aliphatic heterocycles. The van der Waals surface area contributed by atoms with E-state index in [4.69, 9.17) is 26.2 Å². The summed E-state index contributed by atoms with van der Waals surface area (Å²) in [5.41, 5.74) is 1.85.